The Balaban J connectivity index is 1.92. The highest BCUT2D eigenvalue weighted by molar-refractivity contribution is 7.08. The molecule has 0 bridgehead atoms. The number of hydrogen-bond donors (Lipinski definition) is 2. The maximum absolute atomic E-state index is 8.89. The van der Waals surface area contributed by atoms with E-state index >= 15 is 0 Å². The molecule has 1 aliphatic rings. The third-order valence-electron chi connectivity index (χ3n) is 3.87. The van der Waals surface area contributed by atoms with Crippen LogP contribution >= 0.6 is 11.3 Å². The smallest absolute Gasteiger partial charge is 0.0475 e. The molecule has 4 heteroatoms. The van der Waals surface area contributed by atoms with Crippen molar-refractivity contribution in [1.29, 1.82) is 0 Å². The van der Waals surface area contributed by atoms with E-state index in [-0.39, 0.29) is 6.61 Å². The topological polar surface area (TPSA) is 35.5 Å². The SMILES string of the molecule is CCCC1CC(NCCCO)CN(c2ccsc2)C1. The zero-order chi connectivity index (χ0) is 13.5. The fourth-order valence-corrected chi connectivity index (χ4v) is 3.67. The van der Waals surface area contributed by atoms with Crippen LogP contribution in [-0.4, -0.2) is 37.4 Å². The molecule has 2 unspecified atom stereocenters. The first-order valence-electron chi connectivity index (χ1n) is 7.44. The van der Waals surface area contributed by atoms with Crippen molar-refractivity contribution in [3.8, 4) is 0 Å². The molecule has 0 saturated carbocycles. The van der Waals surface area contributed by atoms with Crippen LogP contribution in [-0.2, 0) is 0 Å². The predicted molar refractivity (Wildman–Crippen MR) is 83.0 cm³/mol. The van der Waals surface area contributed by atoms with Crippen molar-refractivity contribution in [3.63, 3.8) is 0 Å². The molecule has 2 heterocycles. The molecular weight excluding hydrogens is 256 g/mol. The van der Waals surface area contributed by atoms with E-state index in [2.05, 4.69) is 34.0 Å². The summed E-state index contributed by atoms with van der Waals surface area (Å²) in [6.07, 6.45) is 4.72. The summed E-state index contributed by atoms with van der Waals surface area (Å²) >= 11 is 1.78. The van der Waals surface area contributed by atoms with Gasteiger partial charge in [0, 0.05) is 36.8 Å². The van der Waals surface area contributed by atoms with Crippen molar-refractivity contribution in [2.75, 3.05) is 31.1 Å². The Morgan fingerprint density at radius 2 is 2.37 bits per heavy atom. The Kier molecular flexibility index (Phi) is 6.14. The molecule has 1 fully saturated rings. The number of nitrogens with zero attached hydrogens (tertiary/aromatic N) is 1. The Morgan fingerprint density at radius 3 is 3.05 bits per heavy atom. The second-order valence-electron chi connectivity index (χ2n) is 5.51. The number of thiophene rings is 1. The van der Waals surface area contributed by atoms with Gasteiger partial charge in [0.05, 0.1) is 0 Å². The van der Waals surface area contributed by atoms with Gasteiger partial charge in [-0.2, -0.15) is 11.3 Å². The van der Waals surface area contributed by atoms with Crippen molar-refractivity contribution in [1.82, 2.24) is 5.32 Å². The van der Waals surface area contributed by atoms with Crippen LogP contribution < -0.4 is 10.2 Å². The summed E-state index contributed by atoms with van der Waals surface area (Å²) in [5, 5.41) is 16.9. The lowest BCUT2D eigenvalue weighted by atomic mass is 9.90. The Bertz CT molecular complexity index is 342. The highest BCUT2D eigenvalue weighted by atomic mass is 32.1. The van der Waals surface area contributed by atoms with E-state index in [1.807, 2.05) is 0 Å². The maximum atomic E-state index is 8.89. The highest BCUT2D eigenvalue weighted by Gasteiger charge is 2.26. The van der Waals surface area contributed by atoms with Crippen LogP contribution in [0.1, 0.15) is 32.6 Å². The largest absolute Gasteiger partial charge is 0.396 e. The Hall–Kier alpha value is -0.580. The normalized spacial score (nSPS) is 23.8. The fourth-order valence-electron chi connectivity index (χ4n) is 3.00. The van der Waals surface area contributed by atoms with Gasteiger partial charge in [0.1, 0.15) is 0 Å². The minimum Gasteiger partial charge on any atom is -0.396 e. The van der Waals surface area contributed by atoms with Crippen LogP contribution in [0.3, 0.4) is 0 Å². The molecule has 2 rings (SSSR count). The van der Waals surface area contributed by atoms with Gasteiger partial charge in [-0.25, -0.2) is 0 Å². The monoisotopic (exact) mass is 282 g/mol. The van der Waals surface area contributed by atoms with Crippen LogP contribution in [0.4, 0.5) is 5.69 Å². The van der Waals surface area contributed by atoms with Crippen molar-refractivity contribution in [3.05, 3.63) is 16.8 Å². The van der Waals surface area contributed by atoms with Crippen molar-refractivity contribution in [2.45, 2.75) is 38.6 Å². The Labute approximate surface area is 120 Å². The molecule has 108 valence electrons. The second-order valence-corrected chi connectivity index (χ2v) is 6.29. The van der Waals surface area contributed by atoms with E-state index in [0.29, 0.717) is 6.04 Å². The molecule has 3 nitrogen and oxygen atoms in total. The number of hydrogen-bond acceptors (Lipinski definition) is 4. The lowest BCUT2D eigenvalue weighted by Crippen LogP contribution is -2.49. The summed E-state index contributed by atoms with van der Waals surface area (Å²) in [5.74, 6) is 0.797. The molecular formula is C15H26N2OS. The fraction of sp³-hybridized carbons (Fsp3) is 0.733. The Morgan fingerprint density at radius 1 is 1.47 bits per heavy atom. The molecule has 1 aliphatic heterocycles. The number of rotatable bonds is 7. The zero-order valence-electron chi connectivity index (χ0n) is 11.8. The van der Waals surface area contributed by atoms with Gasteiger partial charge >= 0.3 is 0 Å². The molecule has 0 amide bonds. The third kappa shape index (κ3) is 4.48. The predicted octanol–water partition coefficient (Wildman–Crippen LogP) is 2.72. The molecule has 1 saturated heterocycles. The minimum atomic E-state index is 0.284. The van der Waals surface area contributed by atoms with Gasteiger partial charge in [0.25, 0.3) is 0 Å². The first-order valence-corrected chi connectivity index (χ1v) is 8.39. The molecule has 0 radical (unpaired) electrons. The highest BCUT2D eigenvalue weighted by Crippen LogP contribution is 2.27. The molecule has 0 aliphatic carbocycles. The van der Waals surface area contributed by atoms with Crippen LogP contribution in [0.25, 0.3) is 0 Å². The molecule has 1 aromatic heterocycles. The zero-order valence-corrected chi connectivity index (χ0v) is 12.7. The van der Waals surface area contributed by atoms with Crippen molar-refractivity contribution in [2.24, 2.45) is 5.92 Å². The average molecular weight is 282 g/mol. The molecule has 0 spiro atoms. The van der Waals surface area contributed by atoms with Crippen LogP contribution in [0.2, 0.25) is 0 Å². The number of aliphatic hydroxyl groups is 1. The van der Waals surface area contributed by atoms with Crippen LogP contribution in [0, 0.1) is 5.92 Å². The molecule has 2 atom stereocenters. The van der Waals surface area contributed by atoms with Gasteiger partial charge in [-0.05, 0) is 43.2 Å². The van der Waals surface area contributed by atoms with E-state index in [1.54, 1.807) is 11.3 Å². The summed E-state index contributed by atoms with van der Waals surface area (Å²) < 4.78 is 0. The number of nitrogens with one attached hydrogen (secondary N) is 1. The van der Waals surface area contributed by atoms with Gasteiger partial charge in [-0.1, -0.05) is 13.3 Å². The first-order chi connectivity index (χ1) is 9.33. The standard InChI is InChI=1S/C15H26N2OS/c1-2-4-13-9-14(16-6-3-7-18)11-17(10-13)15-5-8-19-12-15/h5,8,12-14,16,18H,2-4,6-7,9-11H2,1H3. The first kappa shape index (κ1) is 14.8. The summed E-state index contributed by atoms with van der Waals surface area (Å²) in [4.78, 5) is 2.52. The van der Waals surface area contributed by atoms with E-state index in [0.717, 1.165) is 25.4 Å². The summed E-state index contributed by atoms with van der Waals surface area (Å²) in [7, 11) is 0. The van der Waals surface area contributed by atoms with Crippen LogP contribution in [0.5, 0.6) is 0 Å². The van der Waals surface area contributed by atoms with Gasteiger partial charge in [0.2, 0.25) is 0 Å². The second kappa shape index (κ2) is 7.88. The van der Waals surface area contributed by atoms with E-state index < -0.39 is 0 Å². The van der Waals surface area contributed by atoms with Gasteiger partial charge in [-0.15, -0.1) is 0 Å². The summed E-state index contributed by atoms with van der Waals surface area (Å²) in [6, 6.07) is 2.79. The third-order valence-corrected chi connectivity index (χ3v) is 4.54. The number of anilines is 1. The van der Waals surface area contributed by atoms with E-state index in [1.165, 1.54) is 31.5 Å². The summed E-state index contributed by atoms with van der Waals surface area (Å²) in [5.41, 5.74) is 1.37. The molecule has 19 heavy (non-hydrogen) atoms. The van der Waals surface area contributed by atoms with E-state index in [4.69, 9.17) is 5.11 Å². The van der Waals surface area contributed by atoms with E-state index in [9.17, 15) is 0 Å². The molecule has 2 N–H and O–H groups in total. The van der Waals surface area contributed by atoms with Crippen LogP contribution in [0.15, 0.2) is 16.8 Å². The molecule has 0 aromatic carbocycles. The average Bonchev–Trinajstić information content (AvgIpc) is 2.93. The lowest BCUT2D eigenvalue weighted by Gasteiger charge is -2.39. The molecule has 1 aromatic rings. The minimum absolute atomic E-state index is 0.284. The number of piperidine rings is 1. The van der Waals surface area contributed by atoms with Gasteiger partial charge in [-0.3, -0.25) is 0 Å². The quantitative estimate of drug-likeness (QED) is 0.755. The number of aliphatic hydroxyl groups excluding tert-OH is 1. The van der Waals surface area contributed by atoms with Gasteiger partial charge < -0.3 is 15.3 Å². The van der Waals surface area contributed by atoms with Crippen molar-refractivity contribution < 1.29 is 5.11 Å². The lowest BCUT2D eigenvalue weighted by molar-refractivity contribution is 0.272. The van der Waals surface area contributed by atoms with Gasteiger partial charge in [0.15, 0.2) is 0 Å². The van der Waals surface area contributed by atoms with Crippen molar-refractivity contribution >= 4 is 17.0 Å². The summed E-state index contributed by atoms with van der Waals surface area (Å²) in [6.45, 7) is 5.78. The maximum Gasteiger partial charge on any atom is 0.0475 e.